The Bertz CT molecular complexity index is 3650. The average molecular weight is 759 g/mol. The highest BCUT2D eigenvalue weighted by Crippen LogP contribution is 2.44. The summed E-state index contributed by atoms with van der Waals surface area (Å²) in [5.74, 6) is 0. The molecule has 0 aliphatic carbocycles. The van der Waals surface area contributed by atoms with E-state index in [2.05, 4.69) is 231 Å². The summed E-state index contributed by atoms with van der Waals surface area (Å²) in [5.41, 5.74) is 12.2. The van der Waals surface area contributed by atoms with Gasteiger partial charge >= 0.3 is 0 Å². The molecule has 0 radical (unpaired) electrons. The van der Waals surface area contributed by atoms with Gasteiger partial charge in [0.15, 0.2) is 0 Å². The van der Waals surface area contributed by atoms with Crippen LogP contribution in [0.2, 0.25) is 0 Å². The second kappa shape index (κ2) is 13.9. The summed E-state index contributed by atoms with van der Waals surface area (Å²) in [7, 11) is 0. The summed E-state index contributed by atoms with van der Waals surface area (Å²) in [5, 5.41) is 14.9. The van der Waals surface area contributed by atoms with Crippen molar-refractivity contribution in [1.29, 1.82) is 0 Å². The highest BCUT2D eigenvalue weighted by Gasteiger charge is 2.18. The predicted molar refractivity (Wildman–Crippen MR) is 259 cm³/mol. The highest BCUT2D eigenvalue weighted by molar-refractivity contribution is 6.12. The molecule has 278 valence electrons. The number of hydrogen-bond acceptors (Lipinski definition) is 0. The third-order valence-corrected chi connectivity index (χ3v) is 12.6. The lowest BCUT2D eigenvalue weighted by Crippen LogP contribution is -1.92. The first-order chi connectivity index (χ1) is 29.7. The van der Waals surface area contributed by atoms with E-state index in [0.717, 1.165) is 0 Å². The largest absolute Gasteiger partial charge is 0.0616 e. The lowest BCUT2D eigenvalue weighted by atomic mass is 9.85. The quantitative estimate of drug-likeness (QED) is 0.164. The van der Waals surface area contributed by atoms with E-state index >= 15 is 0 Å². The van der Waals surface area contributed by atoms with Gasteiger partial charge in [-0.2, -0.15) is 0 Å². The molecule has 0 bridgehead atoms. The maximum absolute atomic E-state index is 2.45. The molecule has 0 heterocycles. The Morgan fingerprint density at radius 2 is 0.617 bits per heavy atom. The van der Waals surface area contributed by atoms with Crippen LogP contribution < -0.4 is 0 Å². The van der Waals surface area contributed by atoms with Crippen LogP contribution in [0.1, 0.15) is 0 Å². The molecule has 0 unspecified atom stereocenters. The molecule has 0 nitrogen and oxygen atoms in total. The van der Waals surface area contributed by atoms with Crippen LogP contribution in [0.5, 0.6) is 0 Å². The molecule has 0 heteroatoms. The zero-order valence-electron chi connectivity index (χ0n) is 32.9. The van der Waals surface area contributed by atoms with E-state index in [4.69, 9.17) is 0 Å². The summed E-state index contributed by atoms with van der Waals surface area (Å²) in [6, 6.07) is 85.5. The molecule has 0 fully saturated rings. The van der Waals surface area contributed by atoms with Crippen molar-refractivity contribution in [2.75, 3.05) is 0 Å². The summed E-state index contributed by atoms with van der Waals surface area (Å²) < 4.78 is 0. The van der Waals surface area contributed by atoms with E-state index in [9.17, 15) is 0 Å². The van der Waals surface area contributed by atoms with Gasteiger partial charge < -0.3 is 0 Å². The van der Waals surface area contributed by atoms with Crippen LogP contribution in [-0.2, 0) is 0 Å². The van der Waals surface area contributed by atoms with Gasteiger partial charge in [0.05, 0.1) is 0 Å². The second-order valence-electron chi connectivity index (χ2n) is 16.1. The van der Waals surface area contributed by atoms with E-state index in [1.165, 1.54) is 120 Å². The number of fused-ring (bicyclic) bond motifs is 6. The second-order valence-corrected chi connectivity index (χ2v) is 16.1. The minimum absolute atomic E-state index is 1.20. The molecule has 0 aromatic heterocycles. The Balaban J connectivity index is 1.14. The van der Waals surface area contributed by atoms with E-state index in [-0.39, 0.29) is 0 Å². The maximum Gasteiger partial charge on any atom is -0.00264 e. The van der Waals surface area contributed by atoms with Crippen molar-refractivity contribution in [2.24, 2.45) is 0 Å². The van der Waals surface area contributed by atoms with Crippen molar-refractivity contribution < 1.29 is 0 Å². The summed E-state index contributed by atoms with van der Waals surface area (Å²) in [6.45, 7) is 0. The first-order valence-electron chi connectivity index (χ1n) is 20.8. The first kappa shape index (κ1) is 34.3. The van der Waals surface area contributed by atoms with Crippen LogP contribution in [-0.4, -0.2) is 0 Å². The lowest BCUT2D eigenvalue weighted by molar-refractivity contribution is 1.62. The van der Waals surface area contributed by atoms with E-state index in [1.54, 1.807) is 0 Å². The Hall–Kier alpha value is -7.80. The summed E-state index contributed by atoms with van der Waals surface area (Å²) >= 11 is 0. The van der Waals surface area contributed by atoms with Crippen molar-refractivity contribution in [3.05, 3.63) is 231 Å². The van der Waals surface area contributed by atoms with Crippen molar-refractivity contribution in [1.82, 2.24) is 0 Å². The molecule has 0 N–H and O–H groups in total. The van der Waals surface area contributed by atoms with Gasteiger partial charge in [0.2, 0.25) is 0 Å². The standard InChI is InChI=1S/C60H38/c1-3-15-44-33-46(26-23-39(44)11-1)47-27-25-43-29-32-56(48-28-24-40-12-2-4-16-45(40)34-48)60(58(43)37-47)49-30-31-55-50(35-49)36-51(54-21-9-17-41-13-5-7-19-52(41)54)38-59(55)57-22-10-18-42-14-6-8-20-53(42)57/h1-38H. The van der Waals surface area contributed by atoms with Crippen LogP contribution in [0.15, 0.2) is 231 Å². The molecule has 0 saturated carbocycles. The molecule has 12 aromatic rings. The third-order valence-electron chi connectivity index (χ3n) is 12.6. The van der Waals surface area contributed by atoms with Crippen LogP contribution >= 0.6 is 0 Å². The SMILES string of the molecule is c1ccc2cc(-c3ccc4ccc(-c5ccc6ccccc6c5)c(-c5ccc6c(-c7cccc8ccccc78)cc(-c7cccc8ccccc78)cc6c5)c4c3)ccc2c1. The van der Waals surface area contributed by atoms with E-state index < -0.39 is 0 Å². The van der Waals surface area contributed by atoms with E-state index in [0.29, 0.717) is 0 Å². The molecular weight excluding hydrogens is 721 g/mol. The molecule has 60 heavy (non-hydrogen) atoms. The topological polar surface area (TPSA) is 0 Å². The smallest absolute Gasteiger partial charge is 0.00264 e. The van der Waals surface area contributed by atoms with Gasteiger partial charge in [-0.05, 0) is 157 Å². The van der Waals surface area contributed by atoms with Crippen LogP contribution in [0.25, 0.3) is 120 Å². The van der Waals surface area contributed by atoms with Crippen molar-refractivity contribution in [3.8, 4) is 55.6 Å². The average Bonchev–Trinajstić information content (AvgIpc) is 3.32. The molecule has 0 amide bonds. The molecular formula is C60H38. The fourth-order valence-electron chi connectivity index (χ4n) is 9.62. The minimum atomic E-state index is 1.20. The van der Waals surface area contributed by atoms with Crippen LogP contribution in [0.3, 0.4) is 0 Å². The molecule has 0 saturated heterocycles. The van der Waals surface area contributed by atoms with Gasteiger partial charge in [0.1, 0.15) is 0 Å². The monoisotopic (exact) mass is 758 g/mol. The molecule has 12 rings (SSSR count). The number of rotatable bonds is 5. The number of hydrogen-bond donors (Lipinski definition) is 0. The predicted octanol–water partition coefficient (Wildman–Crippen LogP) is 16.9. The minimum Gasteiger partial charge on any atom is -0.0616 e. The lowest BCUT2D eigenvalue weighted by Gasteiger charge is -2.18. The molecule has 0 atom stereocenters. The van der Waals surface area contributed by atoms with Crippen molar-refractivity contribution >= 4 is 64.6 Å². The molecule has 0 aliphatic heterocycles. The van der Waals surface area contributed by atoms with Gasteiger partial charge in [-0.15, -0.1) is 0 Å². The van der Waals surface area contributed by atoms with Crippen molar-refractivity contribution in [3.63, 3.8) is 0 Å². The van der Waals surface area contributed by atoms with E-state index in [1.807, 2.05) is 0 Å². The van der Waals surface area contributed by atoms with Gasteiger partial charge in [-0.3, -0.25) is 0 Å². The Labute approximate surface area is 349 Å². The summed E-state index contributed by atoms with van der Waals surface area (Å²) in [6.07, 6.45) is 0. The van der Waals surface area contributed by atoms with Gasteiger partial charge in [0.25, 0.3) is 0 Å². The van der Waals surface area contributed by atoms with Crippen LogP contribution in [0, 0.1) is 0 Å². The third kappa shape index (κ3) is 5.76. The fourth-order valence-corrected chi connectivity index (χ4v) is 9.62. The van der Waals surface area contributed by atoms with Gasteiger partial charge in [0, 0.05) is 0 Å². The molecule has 0 spiro atoms. The Kier molecular flexibility index (Phi) is 7.96. The summed E-state index contributed by atoms with van der Waals surface area (Å²) in [4.78, 5) is 0. The zero-order valence-corrected chi connectivity index (χ0v) is 32.9. The van der Waals surface area contributed by atoms with Gasteiger partial charge in [-0.25, -0.2) is 0 Å². The van der Waals surface area contributed by atoms with Crippen molar-refractivity contribution in [2.45, 2.75) is 0 Å². The molecule has 12 aromatic carbocycles. The highest BCUT2D eigenvalue weighted by atomic mass is 14.2. The Morgan fingerprint density at radius 1 is 0.167 bits per heavy atom. The Morgan fingerprint density at radius 3 is 1.33 bits per heavy atom. The maximum atomic E-state index is 2.45. The first-order valence-corrected chi connectivity index (χ1v) is 20.8. The van der Waals surface area contributed by atoms with Gasteiger partial charge in [-0.1, -0.05) is 194 Å². The zero-order chi connectivity index (χ0) is 39.6. The fraction of sp³-hybridized carbons (Fsp3) is 0. The normalized spacial score (nSPS) is 11.7. The molecule has 0 aliphatic rings. The number of benzene rings is 12. The van der Waals surface area contributed by atoms with Crippen LogP contribution in [0.4, 0.5) is 0 Å².